The van der Waals surface area contributed by atoms with E-state index in [1.54, 1.807) is 36.1 Å². The molecule has 2 saturated heterocycles. The number of halogens is 1. The molecule has 1 saturated carbocycles. The lowest BCUT2D eigenvalue weighted by Crippen LogP contribution is -2.62. The molecular formula is C26H34ClN3O6. The van der Waals surface area contributed by atoms with E-state index in [1.807, 2.05) is 20.8 Å². The second-order valence-electron chi connectivity index (χ2n) is 10.8. The molecule has 6 atom stereocenters. The van der Waals surface area contributed by atoms with Crippen LogP contribution in [0.4, 0.5) is 0 Å². The van der Waals surface area contributed by atoms with E-state index in [9.17, 15) is 19.2 Å². The highest BCUT2D eigenvalue weighted by molar-refractivity contribution is 6.33. The van der Waals surface area contributed by atoms with Gasteiger partial charge in [0.2, 0.25) is 18.1 Å². The Labute approximate surface area is 216 Å². The third kappa shape index (κ3) is 5.22. The molecule has 0 radical (unpaired) electrons. The first-order valence-corrected chi connectivity index (χ1v) is 12.9. The van der Waals surface area contributed by atoms with Gasteiger partial charge < -0.3 is 25.0 Å². The third-order valence-corrected chi connectivity index (χ3v) is 7.57. The molecule has 1 aromatic carbocycles. The minimum Gasteiger partial charge on any atom is -0.433 e. The number of nitrogens with zero attached hydrogens (tertiary/aromatic N) is 1. The number of hydrogen-bond donors (Lipinski definition) is 2. The van der Waals surface area contributed by atoms with Gasteiger partial charge in [-0.05, 0) is 49.7 Å². The number of carbonyl (C=O) groups excluding carboxylic acids is 4. The summed E-state index contributed by atoms with van der Waals surface area (Å²) in [6, 6.07) is 4.42. The summed E-state index contributed by atoms with van der Waals surface area (Å²) >= 11 is 6.21. The first-order chi connectivity index (χ1) is 17.0. The number of nitrogens with one attached hydrogen (secondary N) is 2. The fourth-order valence-electron chi connectivity index (χ4n) is 5.53. The van der Waals surface area contributed by atoms with Crippen molar-refractivity contribution in [3.05, 3.63) is 34.9 Å². The number of fused-ring (bicyclic) bond motifs is 2. The van der Waals surface area contributed by atoms with Crippen LogP contribution in [-0.4, -0.2) is 65.7 Å². The zero-order chi connectivity index (χ0) is 26.2. The van der Waals surface area contributed by atoms with E-state index in [-0.39, 0.29) is 35.8 Å². The van der Waals surface area contributed by atoms with E-state index in [2.05, 4.69) is 10.6 Å². The van der Waals surface area contributed by atoms with Gasteiger partial charge in [-0.2, -0.15) is 0 Å². The second-order valence-corrected chi connectivity index (χ2v) is 11.2. The summed E-state index contributed by atoms with van der Waals surface area (Å²) in [5, 5.41) is 6.08. The molecule has 2 N–H and O–H groups in total. The van der Waals surface area contributed by atoms with Crippen molar-refractivity contribution in [1.29, 1.82) is 0 Å². The highest BCUT2D eigenvalue weighted by Gasteiger charge is 2.54. The van der Waals surface area contributed by atoms with Crippen LogP contribution >= 0.6 is 11.6 Å². The Morgan fingerprint density at radius 2 is 1.94 bits per heavy atom. The largest absolute Gasteiger partial charge is 0.433 e. The van der Waals surface area contributed by atoms with E-state index in [1.165, 1.54) is 0 Å². The van der Waals surface area contributed by atoms with Crippen LogP contribution in [0.5, 0.6) is 0 Å². The van der Waals surface area contributed by atoms with E-state index >= 15 is 0 Å². The Kier molecular flexibility index (Phi) is 7.61. The number of hydrogen-bond acceptors (Lipinski definition) is 6. The molecule has 1 aliphatic carbocycles. The van der Waals surface area contributed by atoms with Crippen molar-refractivity contribution < 1.29 is 28.7 Å². The number of benzene rings is 1. The Balaban J connectivity index is 1.55. The highest BCUT2D eigenvalue weighted by Crippen LogP contribution is 2.44. The van der Waals surface area contributed by atoms with Gasteiger partial charge in [0.1, 0.15) is 18.1 Å². The van der Waals surface area contributed by atoms with Crippen molar-refractivity contribution in [2.24, 2.45) is 11.3 Å². The van der Waals surface area contributed by atoms with Crippen LogP contribution in [0, 0.1) is 11.3 Å². The van der Waals surface area contributed by atoms with Crippen LogP contribution in [0.25, 0.3) is 0 Å². The molecule has 36 heavy (non-hydrogen) atoms. The quantitative estimate of drug-likeness (QED) is 0.535. The summed E-state index contributed by atoms with van der Waals surface area (Å²) < 4.78 is 10.6. The summed E-state index contributed by atoms with van der Waals surface area (Å²) in [5.41, 5.74) is -0.339. The molecule has 3 fully saturated rings. The smallest absolute Gasteiger partial charge is 0.310 e. The van der Waals surface area contributed by atoms with E-state index in [0.717, 1.165) is 19.3 Å². The normalized spacial score (nSPS) is 28.1. The van der Waals surface area contributed by atoms with Crippen LogP contribution in [0.1, 0.15) is 63.7 Å². The molecule has 196 valence electrons. The number of likely N-dealkylation sites (tertiary alicyclic amines) is 1. The van der Waals surface area contributed by atoms with Crippen LogP contribution in [-0.2, 0) is 23.9 Å². The predicted octanol–water partition coefficient (Wildman–Crippen LogP) is 2.66. The minimum absolute atomic E-state index is 0.0161. The summed E-state index contributed by atoms with van der Waals surface area (Å²) in [7, 11) is 0. The number of amides is 3. The molecule has 0 aromatic heterocycles. The van der Waals surface area contributed by atoms with Crippen molar-refractivity contribution in [2.45, 2.75) is 83.8 Å². The van der Waals surface area contributed by atoms with Gasteiger partial charge in [-0.3, -0.25) is 19.2 Å². The van der Waals surface area contributed by atoms with Gasteiger partial charge in [-0.15, -0.1) is 0 Å². The Bertz CT molecular complexity index is 1040. The second kappa shape index (κ2) is 10.4. The molecule has 10 heteroatoms. The molecule has 3 aliphatic rings. The summed E-state index contributed by atoms with van der Waals surface area (Å²) in [4.78, 5) is 54.0. The Morgan fingerprint density at radius 3 is 2.61 bits per heavy atom. The summed E-state index contributed by atoms with van der Waals surface area (Å²) in [6.45, 7) is 7.74. The first kappa shape index (κ1) is 26.4. The highest BCUT2D eigenvalue weighted by atomic mass is 35.5. The molecule has 2 heterocycles. The predicted molar refractivity (Wildman–Crippen MR) is 132 cm³/mol. The fraction of sp³-hybridized carbons (Fsp3) is 0.615. The zero-order valence-corrected chi connectivity index (χ0v) is 21.8. The van der Waals surface area contributed by atoms with Crippen LogP contribution < -0.4 is 10.6 Å². The van der Waals surface area contributed by atoms with Crippen molar-refractivity contribution in [1.82, 2.24) is 15.5 Å². The standard InChI is InChI=1S/C26H34ClN3O6/c1-5-35-25-18(13-19(31)36-25)28-23(33)20-14-10-11-15(12-14)30(20)24(34)21(26(2,3)4)29-22(32)16-8-6-7-9-17(16)27/h6-9,14-15,18,20-21,25H,5,10-13H2,1-4H3,(H,28,33)(H,29,32)/t14?,15?,18?,20?,21?,25-/m1/s1. The van der Waals surface area contributed by atoms with Gasteiger partial charge in [0.25, 0.3) is 5.91 Å². The Morgan fingerprint density at radius 1 is 1.22 bits per heavy atom. The maximum absolute atomic E-state index is 14.0. The van der Waals surface area contributed by atoms with E-state index in [0.29, 0.717) is 11.6 Å². The average molecular weight is 520 g/mol. The van der Waals surface area contributed by atoms with Crippen molar-refractivity contribution in [2.75, 3.05) is 6.61 Å². The fourth-order valence-corrected chi connectivity index (χ4v) is 5.75. The van der Waals surface area contributed by atoms with Crippen LogP contribution in [0.3, 0.4) is 0 Å². The van der Waals surface area contributed by atoms with Gasteiger partial charge in [-0.25, -0.2) is 0 Å². The first-order valence-electron chi connectivity index (χ1n) is 12.5. The molecule has 1 aromatic rings. The summed E-state index contributed by atoms with van der Waals surface area (Å²) in [5.74, 6) is -1.48. The van der Waals surface area contributed by atoms with E-state index in [4.69, 9.17) is 21.1 Å². The molecule has 5 unspecified atom stereocenters. The van der Waals surface area contributed by atoms with Gasteiger partial charge in [0, 0.05) is 12.6 Å². The topological polar surface area (TPSA) is 114 Å². The van der Waals surface area contributed by atoms with Gasteiger partial charge in [0.05, 0.1) is 17.0 Å². The lowest BCUT2D eigenvalue weighted by Gasteiger charge is -2.40. The van der Waals surface area contributed by atoms with Gasteiger partial charge in [0.15, 0.2) is 0 Å². The number of piperidine rings is 1. The monoisotopic (exact) mass is 519 g/mol. The van der Waals surface area contributed by atoms with Crippen molar-refractivity contribution in [3.63, 3.8) is 0 Å². The lowest BCUT2D eigenvalue weighted by atomic mass is 9.84. The molecule has 4 rings (SSSR count). The lowest BCUT2D eigenvalue weighted by molar-refractivity contribution is -0.165. The molecule has 3 amide bonds. The molecule has 9 nitrogen and oxygen atoms in total. The van der Waals surface area contributed by atoms with Crippen molar-refractivity contribution in [3.8, 4) is 0 Å². The number of ether oxygens (including phenoxy) is 2. The van der Waals surface area contributed by atoms with Gasteiger partial charge >= 0.3 is 5.97 Å². The summed E-state index contributed by atoms with van der Waals surface area (Å²) in [6.07, 6.45) is 1.56. The number of carbonyl (C=O) groups is 4. The SMILES string of the molecule is CCO[C@@H]1OC(=O)CC1NC(=O)C1C2CCC(C2)N1C(=O)C(NC(=O)c1ccccc1Cl)C(C)(C)C. The third-order valence-electron chi connectivity index (χ3n) is 7.24. The van der Waals surface area contributed by atoms with Crippen molar-refractivity contribution >= 4 is 35.3 Å². The average Bonchev–Trinajstić information content (AvgIpc) is 3.51. The molecule has 0 spiro atoms. The zero-order valence-electron chi connectivity index (χ0n) is 21.1. The Hall–Kier alpha value is -2.65. The van der Waals surface area contributed by atoms with Crippen LogP contribution in [0.2, 0.25) is 5.02 Å². The molecule has 2 bridgehead atoms. The number of rotatable bonds is 7. The minimum atomic E-state index is -0.872. The number of esters is 1. The number of cyclic esters (lactones) is 1. The molecule has 2 aliphatic heterocycles. The van der Waals surface area contributed by atoms with Gasteiger partial charge in [-0.1, -0.05) is 44.5 Å². The maximum Gasteiger partial charge on any atom is 0.310 e. The molecular weight excluding hydrogens is 486 g/mol. The van der Waals surface area contributed by atoms with E-state index < -0.39 is 41.7 Å². The van der Waals surface area contributed by atoms with Crippen LogP contribution in [0.15, 0.2) is 24.3 Å². The maximum atomic E-state index is 14.0.